The minimum absolute atomic E-state index is 0.689. The second-order valence-electron chi connectivity index (χ2n) is 14.4. The average molecular weight is 843 g/mol. The van der Waals surface area contributed by atoms with Gasteiger partial charge in [-0.25, -0.2) is 0 Å². The molecule has 0 amide bonds. The molecule has 1 aliphatic rings. The SMILES string of the molecule is C=C/C=C/C=C\C=C/N=C(\C=C(/C)c1ccc(-c2ccccc2)cc1)C1=C/C=C\C(=C/C)\C=C/c2cccnc2C/C=C/C(c2ccc(CCCC)c(/C=C\C=C/C)c2)=C\1.CC.CC. The summed E-state index contributed by atoms with van der Waals surface area (Å²) in [6, 6.07) is 30.3. The second-order valence-corrected chi connectivity index (χ2v) is 14.4. The molecule has 4 aromatic rings. The van der Waals surface area contributed by atoms with Crippen LogP contribution in [0.3, 0.4) is 0 Å². The fraction of sp³-hybridized carbons (Fsp3) is 0.194. The molecule has 5 rings (SSSR count). The lowest BCUT2D eigenvalue weighted by atomic mass is 9.93. The Bertz CT molecular complexity index is 2440. The molecule has 1 aliphatic carbocycles. The van der Waals surface area contributed by atoms with E-state index in [1.165, 1.54) is 22.3 Å². The number of nitrogens with zero attached hydrogens (tertiary/aromatic N) is 2. The van der Waals surface area contributed by atoms with Crippen LogP contribution in [-0.2, 0) is 12.8 Å². The molecule has 0 radical (unpaired) electrons. The highest BCUT2D eigenvalue weighted by Crippen LogP contribution is 2.27. The summed E-state index contributed by atoms with van der Waals surface area (Å²) in [5.74, 6) is 0. The maximum Gasteiger partial charge on any atom is 0.0704 e. The summed E-state index contributed by atoms with van der Waals surface area (Å²) in [4.78, 5) is 9.94. The van der Waals surface area contributed by atoms with Crippen molar-refractivity contribution >= 4 is 29.0 Å². The first-order valence-corrected chi connectivity index (χ1v) is 23.0. The molecular formula is C62H70N2. The second kappa shape index (κ2) is 31.0. The summed E-state index contributed by atoms with van der Waals surface area (Å²) in [6.07, 6.45) is 49.6. The Balaban J connectivity index is 0.00000265. The molecule has 0 spiro atoms. The van der Waals surface area contributed by atoms with Crippen LogP contribution in [0.2, 0.25) is 0 Å². The van der Waals surface area contributed by atoms with Gasteiger partial charge in [-0.2, -0.15) is 0 Å². The van der Waals surface area contributed by atoms with Gasteiger partial charge in [-0.05, 0) is 120 Å². The molecule has 1 heterocycles. The van der Waals surface area contributed by atoms with Crippen molar-refractivity contribution in [1.82, 2.24) is 4.98 Å². The van der Waals surface area contributed by atoms with E-state index in [1.54, 1.807) is 6.08 Å². The van der Waals surface area contributed by atoms with E-state index < -0.39 is 0 Å². The monoisotopic (exact) mass is 843 g/mol. The molecule has 0 saturated carbocycles. The Hall–Kier alpha value is -6.90. The summed E-state index contributed by atoms with van der Waals surface area (Å²) in [5.41, 5.74) is 14.5. The number of hydrogen-bond acceptors (Lipinski definition) is 2. The molecule has 1 aromatic heterocycles. The molecule has 64 heavy (non-hydrogen) atoms. The van der Waals surface area contributed by atoms with E-state index in [0.717, 1.165) is 69.7 Å². The van der Waals surface area contributed by atoms with Crippen LogP contribution in [0.4, 0.5) is 0 Å². The van der Waals surface area contributed by atoms with E-state index in [1.807, 2.05) is 83.5 Å². The minimum Gasteiger partial charge on any atom is -0.260 e. The van der Waals surface area contributed by atoms with Crippen molar-refractivity contribution in [2.24, 2.45) is 4.99 Å². The molecule has 0 saturated heterocycles. The normalized spacial score (nSPS) is 17.5. The Morgan fingerprint density at radius 2 is 1.48 bits per heavy atom. The standard InChI is InChI=1S/C58H58N2.2C2H6/c1-6-10-13-14-15-20-41-60-58(43-46(5)48-35-37-51(38-36-48)49-26-18-16-19-27-49)56-30-21-24-47(9-4)33-34-52-31-23-42-59-57(52)32-22-29-54(45-56)55-40-39-50(25-12-8-3)53(44-55)28-17-11-7-2;2*1-2/h6-7,9-11,13-24,26-31,33-45H,1,8,12,25,32H2,2-5H3;2*1-2H3/b11-7-,13-10+,15-14-,24-21-,28-17-,29-22+,34-33-,41-20-,46-43+,47-9+,54-45+,56-30+,60-58+;;. The number of aromatic nitrogens is 1. The number of hydrogen-bond donors (Lipinski definition) is 0. The number of unbranched alkanes of at least 4 members (excludes halogenated alkanes) is 1. The van der Waals surface area contributed by atoms with Gasteiger partial charge in [-0.1, -0.05) is 224 Å². The molecule has 0 unspecified atom stereocenters. The Morgan fingerprint density at radius 3 is 2.22 bits per heavy atom. The molecule has 0 N–H and O–H groups in total. The number of aryl methyl sites for hydroxylation is 1. The fourth-order valence-electron chi connectivity index (χ4n) is 6.65. The van der Waals surface area contributed by atoms with Crippen LogP contribution in [0.15, 0.2) is 229 Å². The first-order valence-electron chi connectivity index (χ1n) is 23.0. The Morgan fingerprint density at radius 1 is 0.750 bits per heavy atom. The van der Waals surface area contributed by atoms with Gasteiger partial charge in [0.25, 0.3) is 0 Å². The Labute approximate surface area is 387 Å². The Kier molecular flexibility index (Phi) is 24.9. The highest BCUT2D eigenvalue weighted by atomic mass is 14.7. The average Bonchev–Trinajstić information content (AvgIpc) is 3.34. The van der Waals surface area contributed by atoms with Crippen molar-refractivity contribution in [3.05, 3.63) is 258 Å². The maximum atomic E-state index is 5.15. The third-order valence-electron chi connectivity index (χ3n) is 10.0. The van der Waals surface area contributed by atoms with Crippen molar-refractivity contribution < 1.29 is 0 Å². The van der Waals surface area contributed by atoms with Gasteiger partial charge in [-0.15, -0.1) is 0 Å². The predicted molar refractivity (Wildman–Crippen MR) is 287 cm³/mol. The van der Waals surface area contributed by atoms with Crippen molar-refractivity contribution in [3.8, 4) is 11.1 Å². The van der Waals surface area contributed by atoms with Gasteiger partial charge in [0.05, 0.1) is 11.4 Å². The van der Waals surface area contributed by atoms with Crippen LogP contribution < -0.4 is 0 Å². The van der Waals surface area contributed by atoms with E-state index in [4.69, 9.17) is 9.98 Å². The number of rotatable bonds is 14. The summed E-state index contributed by atoms with van der Waals surface area (Å²) in [6.45, 7) is 20.3. The molecule has 2 nitrogen and oxygen atoms in total. The number of fused-ring (bicyclic) bond motifs is 1. The number of pyridine rings is 1. The van der Waals surface area contributed by atoms with Gasteiger partial charge in [0, 0.05) is 24.4 Å². The highest BCUT2D eigenvalue weighted by Gasteiger charge is 2.10. The topological polar surface area (TPSA) is 25.2 Å². The predicted octanol–water partition coefficient (Wildman–Crippen LogP) is 17.7. The lowest BCUT2D eigenvalue weighted by molar-refractivity contribution is 0.794. The van der Waals surface area contributed by atoms with Gasteiger partial charge < -0.3 is 0 Å². The molecule has 0 bridgehead atoms. The van der Waals surface area contributed by atoms with Crippen LogP contribution in [0.5, 0.6) is 0 Å². The summed E-state index contributed by atoms with van der Waals surface area (Å²) in [7, 11) is 0. The van der Waals surface area contributed by atoms with Gasteiger partial charge >= 0.3 is 0 Å². The molecular weight excluding hydrogens is 773 g/mol. The minimum atomic E-state index is 0.689. The van der Waals surface area contributed by atoms with E-state index in [2.05, 4.69) is 191 Å². The quantitative estimate of drug-likeness (QED) is 0.0917. The van der Waals surface area contributed by atoms with Crippen molar-refractivity contribution in [1.29, 1.82) is 0 Å². The largest absolute Gasteiger partial charge is 0.260 e. The molecule has 328 valence electrons. The van der Waals surface area contributed by atoms with Gasteiger partial charge in [0.15, 0.2) is 0 Å². The van der Waals surface area contributed by atoms with E-state index >= 15 is 0 Å². The lowest BCUT2D eigenvalue weighted by Crippen LogP contribution is -2.00. The smallest absolute Gasteiger partial charge is 0.0704 e. The zero-order chi connectivity index (χ0) is 46.2. The summed E-state index contributed by atoms with van der Waals surface area (Å²) in [5, 5.41) is 0. The van der Waals surface area contributed by atoms with Crippen LogP contribution >= 0.6 is 0 Å². The van der Waals surface area contributed by atoms with E-state index in [-0.39, 0.29) is 0 Å². The molecule has 3 aromatic carbocycles. The van der Waals surface area contributed by atoms with Gasteiger partial charge in [0.1, 0.15) is 0 Å². The summed E-state index contributed by atoms with van der Waals surface area (Å²) < 4.78 is 0. The molecule has 0 fully saturated rings. The molecule has 2 heteroatoms. The van der Waals surface area contributed by atoms with Crippen LogP contribution in [0.25, 0.3) is 34.4 Å². The lowest BCUT2D eigenvalue weighted by Gasteiger charge is -2.13. The van der Waals surface area contributed by atoms with Crippen molar-refractivity contribution in [2.45, 2.75) is 81.1 Å². The fourth-order valence-corrected chi connectivity index (χ4v) is 6.65. The zero-order valence-electron chi connectivity index (χ0n) is 39.7. The first-order chi connectivity index (χ1) is 31.5. The first kappa shape index (κ1) is 51.5. The summed E-state index contributed by atoms with van der Waals surface area (Å²) >= 11 is 0. The number of allylic oxidation sites excluding steroid dienone is 22. The number of aliphatic imine (C=N–C) groups is 1. The van der Waals surface area contributed by atoms with Crippen molar-refractivity contribution in [2.75, 3.05) is 0 Å². The third-order valence-corrected chi connectivity index (χ3v) is 10.0. The zero-order valence-corrected chi connectivity index (χ0v) is 39.7. The van der Waals surface area contributed by atoms with Crippen LogP contribution in [0, 0.1) is 0 Å². The number of benzene rings is 3. The van der Waals surface area contributed by atoms with Gasteiger partial charge in [0.2, 0.25) is 0 Å². The molecule has 0 atom stereocenters. The highest BCUT2D eigenvalue weighted by molar-refractivity contribution is 6.15. The molecule has 0 aliphatic heterocycles. The van der Waals surface area contributed by atoms with Crippen LogP contribution in [0.1, 0.15) is 102 Å². The van der Waals surface area contributed by atoms with E-state index in [0.29, 0.717) is 6.42 Å². The van der Waals surface area contributed by atoms with Gasteiger partial charge in [-0.3, -0.25) is 9.98 Å². The third kappa shape index (κ3) is 17.5. The van der Waals surface area contributed by atoms with Crippen LogP contribution in [-0.4, -0.2) is 10.7 Å². The van der Waals surface area contributed by atoms with Crippen molar-refractivity contribution in [3.63, 3.8) is 0 Å². The maximum absolute atomic E-state index is 5.15. The van der Waals surface area contributed by atoms with E-state index in [9.17, 15) is 0 Å².